The van der Waals surface area contributed by atoms with Gasteiger partial charge in [0.2, 0.25) is 0 Å². The first kappa shape index (κ1) is 18.3. The minimum atomic E-state index is -0.185. The summed E-state index contributed by atoms with van der Waals surface area (Å²) in [4.78, 5) is 25.2. The van der Waals surface area contributed by atoms with Gasteiger partial charge in [0.1, 0.15) is 5.75 Å². The molecule has 2 heterocycles. The highest BCUT2D eigenvalue weighted by Crippen LogP contribution is 2.27. The average molecular weight is 382 g/mol. The molecule has 4 aromatic rings. The molecule has 0 fully saturated rings. The van der Waals surface area contributed by atoms with E-state index < -0.39 is 0 Å². The minimum Gasteiger partial charge on any atom is -0.424 e. The summed E-state index contributed by atoms with van der Waals surface area (Å²) in [7, 11) is 0. The van der Waals surface area contributed by atoms with Gasteiger partial charge in [-0.1, -0.05) is 24.3 Å². The molecular weight excluding hydrogens is 364 g/mol. The Morgan fingerprint density at radius 3 is 2.62 bits per heavy atom. The van der Waals surface area contributed by atoms with Crippen LogP contribution in [0.4, 0.5) is 5.69 Å². The largest absolute Gasteiger partial charge is 0.424 e. The first-order chi connectivity index (χ1) is 14.2. The van der Waals surface area contributed by atoms with Gasteiger partial charge in [0.05, 0.1) is 5.69 Å². The normalized spacial score (nSPS) is 10.4. The third kappa shape index (κ3) is 4.44. The van der Waals surface area contributed by atoms with Crippen LogP contribution in [-0.2, 0) is 0 Å². The predicted octanol–water partition coefficient (Wildman–Crippen LogP) is 4.89. The number of hydrogen-bond donors (Lipinski definition) is 1. The molecule has 0 bridgehead atoms. The molecule has 6 nitrogen and oxygen atoms in total. The highest BCUT2D eigenvalue weighted by atomic mass is 16.5. The van der Waals surface area contributed by atoms with Gasteiger partial charge >= 0.3 is 6.01 Å². The van der Waals surface area contributed by atoms with Crippen LogP contribution in [-0.4, -0.2) is 20.9 Å². The molecule has 29 heavy (non-hydrogen) atoms. The van der Waals surface area contributed by atoms with E-state index in [0.29, 0.717) is 22.7 Å². The Bertz CT molecular complexity index is 1130. The molecule has 142 valence electrons. The lowest BCUT2D eigenvalue weighted by Gasteiger charge is -2.11. The first-order valence-electron chi connectivity index (χ1n) is 9.07. The van der Waals surface area contributed by atoms with Crippen molar-refractivity contribution in [2.75, 3.05) is 5.32 Å². The highest BCUT2D eigenvalue weighted by molar-refractivity contribution is 6.04. The molecule has 4 rings (SSSR count). The molecule has 6 heteroatoms. The summed E-state index contributed by atoms with van der Waals surface area (Å²) >= 11 is 0. The van der Waals surface area contributed by atoms with Crippen LogP contribution >= 0.6 is 0 Å². The van der Waals surface area contributed by atoms with E-state index >= 15 is 0 Å². The number of pyridine rings is 1. The van der Waals surface area contributed by atoms with E-state index in [9.17, 15) is 4.79 Å². The van der Waals surface area contributed by atoms with Crippen molar-refractivity contribution in [3.8, 4) is 23.0 Å². The molecular formula is C23H18N4O2. The maximum Gasteiger partial charge on any atom is 0.322 e. The summed E-state index contributed by atoms with van der Waals surface area (Å²) in [6, 6.07) is 20.3. The number of carbonyl (C=O) groups excluding carboxylic acids is 1. The van der Waals surface area contributed by atoms with Gasteiger partial charge in [-0.05, 0) is 48.9 Å². The molecule has 0 unspecified atom stereocenters. The number of rotatable bonds is 5. The second kappa shape index (κ2) is 8.31. The lowest BCUT2D eigenvalue weighted by atomic mass is 10.2. The Kier molecular flexibility index (Phi) is 5.25. The number of anilines is 1. The van der Waals surface area contributed by atoms with Gasteiger partial charge in [0.15, 0.2) is 0 Å². The Morgan fingerprint density at radius 2 is 1.83 bits per heavy atom. The maximum absolute atomic E-state index is 12.4. The zero-order valence-corrected chi connectivity index (χ0v) is 15.7. The van der Waals surface area contributed by atoms with Crippen LogP contribution in [0.3, 0.4) is 0 Å². The van der Waals surface area contributed by atoms with Crippen molar-refractivity contribution < 1.29 is 9.53 Å². The van der Waals surface area contributed by atoms with Gasteiger partial charge in [-0.15, -0.1) is 0 Å². The van der Waals surface area contributed by atoms with Crippen LogP contribution in [0.5, 0.6) is 11.8 Å². The third-order valence-electron chi connectivity index (χ3n) is 4.27. The zero-order chi connectivity index (χ0) is 20.1. The topological polar surface area (TPSA) is 77.0 Å². The summed E-state index contributed by atoms with van der Waals surface area (Å²) in [5, 5.41) is 2.88. The lowest BCUT2D eigenvalue weighted by Crippen LogP contribution is -2.11. The van der Waals surface area contributed by atoms with Crippen molar-refractivity contribution in [1.82, 2.24) is 15.0 Å². The van der Waals surface area contributed by atoms with E-state index in [1.807, 2.05) is 49.4 Å². The standard InChI is InChI=1S/C23H18N4O2/c1-16-9-10-19(26-22(28)17-6-3-2-4-7-17)14-21(16)29-23-25-13-11-20(27-23)18-8-5-12-24-15-18/h2-15H,1H3,(H,26,28). The molecule has 0 saturated heterocycles. The quantitative estimate of drug-likeness (QED) is 0.532. The number of nitrogens with one attached hydrogen (secondary N) is 1. The molecule has 0 aliphatic heterocycles. The number of aryl methyl sites for hydroxylation is 1. The fourth-order valence-corrected chi connectivity index (χ4v) is 2.74. The van der Waals surface area contributed by atoms with Crippen LogP contribution in [0, 0.1) is 6.92 Å². The molecule has 0 saturated carbocycles. The van der Waals surface area contributed by atoms with Crippen LogP contribution in [0.1, 0.15) is 15.9 Å². The Hall–Kier alpha value is -4.06. The summed E-state index contributed by atoms with van der Waals surface area (Å²) < 4.78 is 5.91. The Labute approximate surface area is 168 Å². The monoisotopic (exact) mass is 382 g/mol. The highest BCUT2D eigenvalue weighted by Gasteiger charge is 2.10. The van der Waals surface area contributed by atoms with Crippen LogP contribution in [0.15, 0.2) is 85.3 Å². The molecule has 0 spiro atoms. The minimum absolute atomic E-state index is 0.185. The second-order valence-corrected chi connectivity index (χ2v) is 6.37. The molecule has 0 atom stereocenters. The second-order valence-electron chi connectivity index (χ2n) is 6.37. The molecule has 2 aromatic heterocycles. The number of aromatic nitrogens is 3. The van der Waals surface area contributed by atoms with E-state index in [-0.39, 0.29) is 11.9 Å². The number of carbonyl (C=O) groups is 1. The van der Waals surface area contributed by atoms with E-state index in [0.717, 1.165) is 11.1 Å². The smallest absolute Gasteiger partial charge is 0.322 e. The van der Waals surface area contributed by atoms with Crippen LogP contribution < -0.4 is 10.1 Å². The number of ether oxygens (including phenoxy) is 1. The summed E-state index contributed by atoms with van der Waals surface area (Å²) in [5.41, 5.74) is 3.71. The van der Waals surface area contributed by atoms with Crippen LogP contribution in [0.25, 0.3) is 11.3 Å². The Morgan fingerprint density at radius 1 is 0.966 bits per heavy atom. The number of benzene rings is 2. The van der Waals surface area contributed by atoms with Crippen molar-refractivity contribution in [1.29, 1.82) is 0 Å². The Balaban J connectivity index is 1.55. The summed E-state index contributed by atoms with van der Waals surface area (Å²) in [6.45, 7) is 1.92. The zero-order valence-electron chi connectivity index (χ0n) is 15.7. The molecule has 2 aromatic carbocycles. The molecule has 0 aliphatic rings. The SMILES string of the molecule is Cc1ccc(NC(=O)c2ccccc2)cc1Oc1nccc(-c2cccnc2)n1. The van der Waals surface area contributed by atoms with Gasteiger partial charge in [-0.25, -0.2) is 4.98 Å². The van der Waals surface area contributed by atoms with E-state index in [4.69, 9.17) is 4.74 Å². The molecule has 0 radical (unpaired) electrons. The van der Waals surface area contributed by atoms with Crippen molar-refractivity contribution in [2.45, 2.75) is 6.92 Å². The van der Waals surface area contributed by atoms with Crippen LogP contribution in [0.2, 0.25) is 0 Å². The maximum atomic E-state index is 12.4. The number of amides is 1. The first-order valence-corrected chi connectivity index (χ1v) is 9.07. The van der Waals surface area contributed by atoms with Gasteiger partial charge in [0, 0.05) is 41.5 Å². The van der Waals surface area contributed by atoms with Crippen molar-refractivity contribution in [3.05, 3.63) is 96.4 Å². The summed E-state index contributed by atoms with van der Waals surface area (Å²) in [6.07, 6.45) is 5.08. The number of nitrogens with zero attached hydrogens (tertiary/aromatic N) is 3. The third-order valence-corrected chi connectivity index (χ3v) is 4.27. The lowest BCUT2D eigenvalue weighted by molar-refractivity contribution is 0.102. The van der Waals surface area contributed by atoms with Crippen molar-refractivity contribution >= 4 is 11.6 Å². The fourth-order valence-electron chi connectivity index (χ4n) is 2.74. The molecule has 1 amide bonds. The van der Waals surface area contributed by atoms with Gasteiger partial charge in [-0.2, -0.15) is 4.98 Å². The molecule has 1 N–H and O–H groups in total. The van der Waals surface area contributed by atoms with Gasteiger partial charge < -0.3 is 10.1 Å². The predicted molar refractivity (Wildman–Crippen MR) is 111 cm³/mol. The van der Waals surface area contributed by atoms with Crippen molar-refractivity contribution in [3.63, 3.8) is 0 Å². The fraction of sp³-hybridized carbons (Fsp3) is 0.0435. The molecule has 0 aliphatic carbocycles. The van der Waals surface area contributed by atoms with Crippen molar-refractivity contribution in [2.24, 2.45) is 0 Å². The van der Waals surface area contributed by atoms with E-state index in [1.54, 1.807) is 42.9 Å². The summed E-state index contributed by atoms with van der Waals surface area (Å²) in [5.74, 6) is 0.384. The van der Waals surface area contributed by atoms with E-state index in [1.165, 1.54) is 0 Å². The average Bonchev–Trinajstić information content (AvgIpc) is 2.77. The van der Waals surface area contributed by atoms with E-state index in [2.05, 4.69) is 20.3 Å². The van der Waals surface area contributed by atoms with Gasteiger partial charge in [0.25, 0.3) is 5.91 Å². The number of hydrogen-bond acceptors (Lipinski definition) is 5. The van der Waals surface area contributed by atoms with Gasteiger partial charge in [-0.3, -0.25) is 9.78 Å².